The summed E-state index contributed by atoms with van der Waals surface area (Å²) < 4.78 is 0. The number of nitrogens with zero attached hydrogens (tertiary/aromatic N) is 1. The van der Waals surface area contributed by atoms with E-state index in [4.69, 9.17) is 5.11 Å². The fourth-order valence-corrected chi connectivity index (χ4v) is 4.37. The van der Waals surface area contributed by atoms with Crippen molar-refractivity contribution in [3.8, 4) is 0 Å². The number of carboxylic acids is 1. The van der Waals surface area contributed by atoms with Gasteiger partial charge in [0.25, 0.3) is 0 Å². The maximum Gasteiger partial charge on any atom is 0.305 e. The zero-order chi connectivity index (χ0) is 20.5. The first-order chi connectivity index (χ1) is 13.3. The molecule has 0 aromatic carbocycles. The quantitative estimate of drug-likeness (QED) is 0.555. The van der Waals surface area contributed by atoms with Gasteiger partial charge in [-0.15, -0.1) is 0 Å². The first-order valence-corrected chi connectivity index (χ1v) is 10.9. The summed E-state index contributed by atoms with van der Waals surface area (Å²) in [5.41, 5.74) is 0. The predicted molar refractivity (Wildman–Crippen MR) is 108 cm³/mol. The number of carbonyl (C=O) groups excluding carboxylic acids is 2. The van der Waals surface area contributed by atoms with Crippen molar-refractivity contribution < 1.29 is 19.5 Å². The fourth-order valence-electron chi connectivity index (χ4n) is 4.37. The van der Waals surface area contributed by atoms with Crippen molar-refractivity contribution >= 4 is 17.8 Å². The molecule has 2 saturated heterocycles. The van der Waals surface area contributed by atoms with Crippen LogP contribution in [0.2, 0.25) is 0 Å². The van der Waals surface area contributed by atoms with E-state index >= 15 is 0 Å². The lowest BCUT2D eigenvalue weighted by atomic mass is 9.92. The Labute approximate surface area is 168 Å². The van der Waals surface area contributed by atoms with E-state index in [1.807, 2.05) is 18.7 Å². The van der Waals surface area contributed by atoms with Gasteiger partial charge in [-0.05, 0) is 63.5 Å². The van der Waals surface area contributed by atoms with Gasteiger partial charge in [-0.2, -0.15) is 0 Å². The van der Waals surface area contributed by atoms with E-state index in [1.165, 1.54) is 0 Å². The lowest BCUT2D eigenvalue weighted by molar-refractivity contribution is -0.138. The number of likely N-dealkylation sites (tertiary alicyclic amines) is 1. The number of rotatable bonds is 9. The summed E-state index contributed by atoms with van der Waals surface area (Å²) in [5.74, 6) is -0.154. The molecule has 0 spiro atoms. The van der Waals surface area contributed by atoms with Crippen LogP contribution in [0.3, 0.4) is 0 Å². The van der Waals surface area contributed by atoms with Crippen LogP contribution in [-0.4, -0.2) is 60.0 Å². The van der Waals surface area contributed by atoms with E-state index in [-0.39, 0.29) is 30.2 Å². The van der Waals surface area contributed by atoms with Gasteiger partial charge in [-0.1, -0.05) is 13.8 Å². The summed E-state index contributed by atoms with van der Waals surface area (Å²) in [6.07, 6.45) is 5.94. The van der Waals surface area contributed by atoms with Crippen molar-refractivity contribution in [3.63, 3.8) is 0 Å². The molecule has 2 unspecified atom stereocenters. The van der Waals surface area contributed by atoms with Crippen LogP contribution in [0.4, 0.5) is 0 Å². The zero-order valence-electron chi connectivity index (χ0n) is 17.4. The zero-order valence-corrected chi connectivity index (χ0v) is 17.4. The molecule has 3 N–H and O–H groups in total. The van der Waals surface area contributed by atoms with Gasteiger partial charge in [0.05, 0.1) is 12.3 Å². The van der Waals surface area contributed by atoms with Gasteiger partial charge < -0.3 is 20.6 Å². The van der Waals surface area contributed by atoms with Crippen LogP contribution in [0.25, 0.3) is 0 Å². The molecule has 0 radical (unpaired) electrons. The van der Waals surface area contributed by atoms with E-state index in [0.29, 0.717) is 31.2 Å². The van der Waals surface area contributed by atoms with Gasteiger partial charge in [-0.3, -0.25) is 14.4 Å². The monoisotopic (exact) mass is 395 g/mol. The molecule has 0 aromatic heterocycles. The van der Waals surface area contributed by atoms with Gasteiger partial charge in [0, 0.05) is 25.6 Å². The van der Waals surface area contributed by atoms with E-state index in [2.05, 4.69) is 10.6 Å². The van der Waals surface area contributed by atoms with Crippen molar-refractivity contribution in [2.75, 3.05) is 26.2 Å². The number of carbonyl (C=O) groups is 3. The Morgan fingerprint density at radius 2 is 1.89 bits per heavy atom. The number of carboxylic acid groups (broad SMARTS) is 1. The van der Waals surface area contributed by atoms with E-state index in [1.54, 1.807) is 0 Å². The second-order valence-electron chi connectivity index (χ2n) is 8.84. The fraction of sp³-hybridized carbons (Fsp3) is 0.857. The number of amides is 2. The van der Waals surface area contributed by atoms with Crippen molar-refractivity contribution in [2.24, 2.45) is 17.8 Å². The van der Waals surface area contributed by atoms with E-state index in [9.17, 15) is 14.4 Å². The van der Waals surface area contributed by atoms with Gasteiger partial charge in [-0.25, -0.2) is 0 Å². The standard InChI is InChI=1S/C21H37N3O4/c1-15(2)12-18(13-20(26)27)23-21(28)17-4-3-11-24(14-17)19(25)6-5-16-7-9-22-10-8-16/h15-18,22H,3-14H2,1-2H3,(H,23,28)(H,26,27). The molecule has 0 saturated carbocycles. The SMILES string of the molecule is CC(C)CC(CC(=O)O)NC(=O)C1CCCN(C(=O)CCC2CCNCC2)C1. The number of piperidine rings is 2. The van der Waals surface area contributed by atoms with Crippen molar-refractivity contribution in [2.45, 2.75) is 71.3 Å². The predicted octanol–water partition coefficient (Wildman–Crippen LogP) is 2.01. The number of hydrogen-bond donors (Lipinski definition) is 3. The minimum absolute atomic E-state index is 0.0600. The summed E-state index contributed by atoms with van der Waals surface area (Å²) in [6, 6.07) is -0.351. The maximum atomic E-state index is 12.7. The lowest BCUT2D eigenvalue weighted by Gasteiger charge is -2.33. The average molecular weight is 396 g/mol. The van der Waals surface area contributed by atoms with Crippen LogP contribution in [0.1, 0.15) is 65.2 Å². The van der Waals surface area contributed by atoms with Crippen molar-refractivity contribution in [1.29, 1.82) is 0 Å². The molecule has 0 aromatic rings. The summed E-state index contributed by atoms with van der Waals surface area (Å²) in [7, 11) is 0. The Balaban J connectivity index is 1.81. The first-order valence-electron chi connectivity index (χ1n) is 10.9. The summed E-state index contributed by atoms with van der Waals surface area (Å²) in [5, 5.41) is 15.4. The second-order valence-corrected chi connectivity index (χ2v) is 8.84. The number of nitrogens with one attached hydrogen (secondary N) is 2. The van der Waals surface area contributed by atoms with Crippen LogP contribution in [0.5, 0.6) is 0 Å². The average Bonchev–Trinajstić information content (AvgIpc) is 2.66. The lowest BCUT2D eigenvalue weighted by Crippen LogP contribution is -2.48. The topological polar surface area (TPSA) is 98.7 Å². The second kappa shape index (κ2) is 11.4. The Morgan fingerprint density at radius 1 is 1.18 bits per heavy atom. The van der Waals surface area contributed by atoms with Crippen molar-refractivity contribution in [1.82, 2.24) is 15.5 Å². The molecule has 2 fully saturated rings. The highest BCUT2D eigenvalue weighted by Gasteiger charge is 2.30. The molecule has 2 aliphatic heterocycles. The van der Waals surface area contributed by atoms with Crippen molar-refractivity contribution in [3.05, 3.63) is 0 Å². The Morgan fingerprint density at radius 3 is 2.54 bits per heavy atom. The van der Waals surface area contributed by atoms with Crippen LogP contribution in [0, 0.1) is 17.8 Å². The third-order valence-corrected chi connectivity index (χ3v) is 5.89. The molecule has 2 rings (SSSR count). The highest BCUT2D eigenvalue weighted by molar-refractivity contribution is 5.82. The third-order valence-electron chi connectivity index (χ3n) is 5.89. The molecule has 2 heterocycles. The van der Waals surface area contributed by atoms with Crippen LogP contribution in [-0.2, 0) is 14.4 Å². The molecular weight excluding hydrogens is 358 g/mol. The summed E-state index contributed by atoms with van der Waals surface area (Å²) >= 11 is 0. The van der Waals surface area contributed by atoms with Gasteiger partial charge >= 0.3 is 5.97 Å². The smallest absolute Gasteiger partial charge is 0.305 e. The minimum Gasteiger partial charge on any atom is -0.481 e. The molecule has 2 aliphatic rings. The third kappa shape index (κ3) is 7.78. The largest absolute Gasteiger partial charge is 0.481 e. The molecule has 2 atom stereocenters. The van der Waals surface area contributed by atoms with Crippen LogP contribution in [0.15, 0.2) is 0 Å². The van der Waals surface area contributed by atoms with E-state index < -0.39 is 5.97 Å². The summed E-state index contributed by atoms with van der Waals surface area (Å²) in [4.78, 5) is 38.2. The molecule has 7 heteroatoms. The van der Waals surface area contributed by atoms with Gasteiger partial charge in [0.2, 0.25) is 11.8 Å². The molecule has 0 aliphatic carbocycles. The van der Waals surface area contributed by atoms with Crippen LogP contribution >= 0.6 is 0 Å². The molecule has 0 bridgehead atoms. The normalized spacial score (nSPS) is 22.1. The van der Waals surface area contributed by atoms with Crippen LogP contribution < -0.4 is 10.6 Å². The molecular formula is C21H37N3O4. The Kier molecular flexibility index (Phi) is 9.22. The Bertz CT molecular complexity index is 532. The minimum atomic E-state index is -0.899. The number of aliphatic carboxylic acids is 1. The molecule has 7 nitrogen and oxygen atoms in total. The number of hydrogen-bond acceptors (Lipinski definition) is 4. The first kappa shape index (κ1) is 22.7. The summed E-state index contributed by atoms with van der Waals surface area (Å²) in [6.45, 7) is 7.30. The highest BCUT2D eigenvalue weighted by Crippen LogP contribution is 2.22. The van der Waals surface area contributed by atoms with Gasteiger partial charge in [0.15, 0.2) is 0 Å². The molecule has 2 amide bonds. The molecule has 160 valence electrons. The Hall–Kier alpha value is -1.63. The van der Waals surface area contributed by atoms with Gasteiger partial charge in [0.1, 0.15) is 0 Å². The van der Waals surface area contributed by atoms with E-state index in [0.717, 1.165) is 51.7 Å². The highest BCUT2D eigenvalue weighted by atomic mass is 16.4. The maximum absolute atomic E-state index is 12.7. The molecule has 28 heavy (non-hydrogen) atoms.